The van der Waals surface area contributed by atoms with Crippen molar-refractivity contribution in [2.45, 2.75) is 103 Å². The minimum atomic E-state index is -0.317. The molecule has 1 saturated heterocycles. The van der Waals surface area contributed by atoms with Crippen molar-refractivity contribution in [2.24, 2.45) is 0 Å². The molecule has 1 aliphatic rings. The number of hydrogen-bond acceptors (Lipinski definition) is 3. The van der Waals surface area contributed by atoms with Crippen LogP contribution in [-0.2, 0) is 16.0 Å². The zero-order valence-electron chi connectivity index (χ0n) is 19.0. The van der Waals surface area contributed by atoms with Crippen molar-refractivity contribution in [1.82, 2.24) is 4.90 Å². The van der Waals surface area contributed by atoms with E-state index in [0.29, 0.717) is 6.42 Å². The van der Waals surface area contributed by atoms with Crippen molar-refractivity contribution >= 4 is 5.97 Å². The summed E-state index contributed by atoms with van der Waals surface area (Å²) in [7, 11) is 0. The summed E-state index contributed by atoms with van der Waals surface area (Å²) in [5.41, 5.74) is 0.959. The molecule has 0 atom stereocenters. The van der Waals surface area contributed by atoms with E-state index in [2.05, 4.69) is 49.1 Å². The predicted molar refractivity (Wildman–Crippen MR) is 122 cm³/mol. The van der Waals surface area contributed by atoms with Gasteiger partial charge in [0.05, 0.1) is 0 Å². The highest BCUT2D eigenvalue weighted by molar-refractivity contribution is 5.70. The summed E-state index contributed by atoms with van der Waals surface area (Å²) >= 11 is 0. The SMILES string of the molecule is CCCCCCCCCC(=O)OC1(Cc2ccccc2)CCN(CCCC)CC1. The minimum absolute atomic E-state index is 0.0106. The molecular weight excluding hydrogens is 358 g/mol. The molecule has 1 aromatic rings. The van der Waals surface area contributed by atoms with Crippen molar-refractivity contribution in [2.75, 3.05) is 19.6 Å². The number of rotatable bonds is 14. The highest BCUT2D eigenvalue weighted by Crippen LogP contribution is 2.31. The zero-order valence-corrected chi connectivity index (χ0v) is 19.0. The Bertz CT molecular complexity index is 549. The lowest BCUT2D eigenvalue weighted by molar-refractivity contribution is -0.165. The summed E-state index contributed by atoms with van der Waals surface area (Å²) in [6.07, 6.45) is 14.4. The van der Waals surface area contributed by atoms with Gasteiger partial charge in [-0.2, -0.15) is 0 Å². The summed E-state index contributed by atoms with van der Waals surface area (Å²) in [6.45, 7) is 7.74. The van der Waals surface area contributed by atoms with Crippen LogP contribution in [-0.4, -0.2) is 36.1 Å². The molecule has 1 heterocycles. The van der Waals surface area contributed by atoms with Gasteiger partial charge in [-0.15, -0.1) is 0 Å². The van der Waals surface area contributed by atoms with Gasteiger partial charge in [0.2, 0.25) is 0 Å². The Hall–Kier alpha value is -1.35. The third-order valence-corrected chi connectivity index (χ3v) is 6.28. The van der Waals surface area contributed by atoms with E-state index in [9.17, 15) is 4.79 Å². The van der Waals surface area contributed by atoms with Gasteiger partial charge in [-0.05, 0) is 24.9 Å². The van der Waals surface area contributed by atoms with Crippen LogP contribution in [0.3, 0.4) is 0 Å². The maximum absolute atomic E-state index is 12.7. The molecule has 1 fully saturated rings. The number of carbonyl (C=O) groups is 1. The van der Waals surface area contributed by atoms with E-state index in [1.54, 1.807) is 0 Å². The fraction of sp³-hybridized carbons (Fsp3) is 0.731. The topological polar surface area (TPSA) is 29.5 Å². The third-order valence-electron chi connectivity index (χ3n) is 6.28. The summed E-state index contributed by atoms with van der Waals surface area (Å²) in [5.74, 6) is 0.0106. The molecule has 0 saturated carbocycles. The number of piperidine rings is 1. The molecule has 0 aromatic heterocycles. The lowest BCUT2D eigenvalue weighted by atomic mass is 9.84. The fourth-order valence-corrected chi connectivity index (χ4v) is 4.37. The molecule has 29 heavy (non-hydrogen) atoms. The lowest BCUT2D eigenvalue weighted by Gasteiger charge is -2.41. The van der Waals surface area contributed by atoms with Crippen LogP contribution in [0.2, 0.25) is 0 Å². The fourth-order valence-electron chi connectivity index (χ4n) is 4.37. The van der Waals surface area contributed by atoms with Crippen molar-refractivity contribution in [3.63, 3.8) is 0 Å². The van der Waals surface area contributed by atoms with Crippen LogP contribution in [0.25, 0.3) is 0 Å². The second kappa shape index (κ2) is 13.8. The van der Waals surface area contributed by atoms with E-state index in [1.807, 2.05) is 0 Å². The molecular formula is C26H43NO2. The van der Waals surface area contributed by atoms with Crippen LogP contribution >= 0.6 is 0 Å². The summed E-state index contributed by atoms with van der Waals surface area (Å²) in [5, 5.41) is 0. The van der Waals surface area contributed by atoms with Crippen molar-refractivity contribution in [3.05, 3.63) is 35.9 Å². The largest absolute Gasteiger partial charge is 0.459 e. The van der Waals surface area contributed by atoms with E-state index >= 15 is 0 Å². The summed E-state index contributed by atoms with van der Waals surface area (Å²) in [4.78, 5) is 15.2. The zero-order chi connectivity index (χ0) is 20.8. The highest BCUT2D eigenvalue weighted by Gasteiger charge is 2.38. The standard InChI is InChI=1S/C26H43NO2/c1-3-5-7-8-9-10-14-17-25(28)29-26(23-24-15-12-11-13-16-24)18-21-27(22-19-26)20-6-4-2/h11-13,15-16H,3-10,14,17-23H2,1-2H3. The van der Waals surface area contributed by atoms with Crippen molar-refractivity contribution in [1.29, 1.82) is 0 Å². The van der Waals surface area contributed by atoms with Gasteiger partial charge in [0.1, 0.15) is 5.60 Å². The number of unbranched alkanes of at least 4 members (excludes halogenated alkanes) is 7. The molecule has 0 spiro atoms. The smallest absolute Gasteiger partial charge is 0.306 e. The second-order valence-electron chi connectivity index (χ2n) is 8.89. The Balaban J connectivity index is 1.83. The average Bonchev–Trinajstić information content (AvgIpc) is 2.73. The number of benzene rings is 1. The van der Waals surface area contributed by atoms with Crippen molar-refractivity contribution in [3.8, 4) is 0 Å². The Kier molecular flexibility index (Phi) is 11.4. The van der Waals surface area contributed by atoms with E-state index < -0.39 is 0 Å². The molecule has 0 N–H and O–H groups in total. The first kappa shape index (κ1) is 23.9. The Labute approximate surface area is 179 Å². The first-order valence-corrected chi connectivity index (χ1v) is 12.2. The van der Waals surface area contributed by atoms with E-state index in [1.165, 1.54) is 57.1 Å². The molecule has 0 aliphatic carbocycles. The van der Waals surface area contributed by atoms with Gasteiger partial charge in [0.15, 0.2) is 0 Å². The molecule has 3 nitrogen and oxygen atoms in total. The maximum Gasteiger partial charge on any atom is 0.306 e. The number of carbonyl (C=O) groups excluding carboxylic acids is 1. The molecule has 0 bridgehead atoms. The molecule has 3 heteroatoms. The van der Waals surface area contributed by atoms with Gasteiger partial charge >= 0.3 is 5.97 Å². The molecule has 1 aliphatic heterocycles. The Morgan fingerprint density at radius 1 is 0.897 bits per heavy atom. The second-order valence-corrected chi connectivity index (χ2v) is 8.89. The Morgan fingerprint density at radius 3 is 2.17 bits per heavy atom. The van der Waals surface area contributed by atoms with Crippen LogP contribution in [0, 0.1) is 0 Å². The normalized spacial score (nSPS) is 16.6. The number of nitrogens with zero attached hydrogens (tertiary/aromatic N) is 1. The first-order chi connectivity index (χ1) is 14.2. The quantitative estimate of drug-likeness (QED) is 0.261. The molecule has 0 unspecified atom stereocenters. The van der Waals surface area contributed by atoms with Crippen LogP contribution in [0.15, 0.2) is 30.3 Å². The van der Waals surface area contributed by atoms with Gasteiger partial charge in [0, 0.05) is 38.8 Å². The Morgan fingerprint density at radius 2 is 1.52 bits per heavy atom. The minimum Gasteiger partial charge on any atom is -0.459 e. The van der Waals surface area contributed by atoms with Gasteiger partial charge in [0.25, 0.3) is 0 Å². The van der Waals surface area contributed by atoms with Gasteiger partial charge in [-0.25, -0.2) is 0 Å². The summed E-state index contributed by atoms with van der Waals surface area (Å²) in [6, 6.07) is 10.5. The molecule has 0 radical (unpaired) electrons. The van der Waals surface area contributed by atoms with Crippen LogP contribution < -0.4 is 0 Å². The maximum atomic E-state index is 12.7. The monoisotopic (exact) mass is 401 g/mol. The number of hydrogen-bond donors (Lipinski definition) is 0. The number of likely N-dealkylation sites (tertiary alicyclic amines) is 1. The highest BCUT2D eigenvalue weighted by atomic mass is 16.6. The van der Waals surface area contributed by atoms with E-state index in [-0.39, 0.29) is 11.6 Å². The van der Waals surface area contributed by atoms with E-state index in [0.717, 1.165) is 45.2 Å². The van der Waals surface area contributed by atoms with Crippen LogP contribution in [0.4, 0.5) is 0 Å². The number of esters is 1. The van der Waals surface area contributed by atoms with E-state index in [4.69, 9.17) is 4.74 Å². The molecule has 2 rings (SSSR count). The molecule has 0 amide bonds. The van der Waals surface area contributed by atoms with Gasteiger partial charge in [-0.1, -0.05) is 89.1 Å². The predicted octanol–water partition coefficient (Wildman–Crippen LogP) is 6.55. The van der Waals surface area contributed by atoms with Gasteiger partial charge in [-0.3, -0.25) is 4.79 Å². The van der Waals surface area contributed by atoms with Crippen molar-refractivity contribution < 1.29 is 9.53 Å². The number of ether oxygens (including phenoxy) is 1. The molecule has 164 valence electrons. The van der Waals surface area contributed by atoms with Crippen LogP contribution in [0.1, 0.15) is 96.5 Å². The average molecular weight is 402 g/mol. The first-order valence-electron chi connectivity index (χ1n) is 12.2. The molecule has 1 aromatic carbocycles. The third kappa shape index (κ3) is 9.33. The lowest BCUT2D eigenvalue weighted by Crippen LogP contribution is -2.48. The van der Waals surface area contributed by atoms with Gasteiger partial charge < -0.3 is 9.64 Å². The summed E-state index contributed by atoms with van der Waals surface area (Å²) < 4.78 is 6.22. The van der Waals surface area contributed by atoms with Crippen LogP contribution in [0.5, 0.6) is 0 Å².